The van der Waals surface area contributed by atoms with Gasteiger partial charge in [-0.1, -0.05) is 19.3 Å². The van der Waals surface area contributed by atoms with Crippen LogP contribution < -0.4 is 0 Å². The van der Waals surface area contributed by atoms with Gasteiger partial charge < -0.3 is 4.98 Å². The molecule has 78 valence electrons. The van der Waals surface area contributed by atoms with Gasteiger partial charge in [-0.3, -0.25) is 0 Å². The summed E-state index contributed by atoms with van der Waals surface area (Å²) in [6.45, 7) is 2.13. The first kappa shape index (κ1) is 10.1. The van der Waals surface area contributed by atoms with Crippen molar-refractivity contribution in [2.24, 2.45) is 0 Å². The summed E-state index contributed by atoms with van der Waals surface area (Å²) in [5, 5.41) is 0. The fraction of sp³-hybridized carbons (Fsp3) is 0.727. The summed E-state index contributed by atoms with van der Waals surface area (Å²) in [4.78, 5) is 7.92. The number of hydrogen-bond donors (Lipinski definition) is 2. The van der Waals surface area contributed by atoms with Gasteiger partial charge in [0.15, 0.2) is 0 Å². The van der Waals surface area contributed by atoms with Crippen LogP contribution in [-0.4, -0.2) is 9.97 Å². The average molecular weight is 210 g/mol. The van der Waals surface area contributed by atoms with Crippen molar-refractivity contribution in [3.05, 3.63) is 17.2 Å². The van der Waals surface area contributed by atoms with Gasteiger partial charge in [0.1, 0.15) is 5.82 Å². The molecule has 1 fully saturated rings. The van der Waals surface area contributed by atoms with Crippen molar-refractivity contribution in [3.63, 3.8) is 0 Å². The lowest BCUT2D eigenvalue weighted by Gasteiger charge is -2.20. The van der Waals surface area contributed by atoms with Crippen LogP contribution in [0.2, 0.25) is 0 Å². The third kappa shape index (κ3) is 1.97. The van der Waals surface area contributed by atoms with Crippen LogP contribution in [0.3, 0.4) is 0 Å². The third-order valence-corrected chi connectivity index (χ3v) is 3.41. The number of H-pyrrole nitrogens is 1. The Hall–Kier alpha value is -0.440. The van der Waals surface area contributed by atoms with E-state index < -0.39 is 0 Å². The van der Waals surface area contributed by atoms with Crippen molar-refractivity contribution >= 4 is 12.6 Å². The fourth-order valence-electron chi connectivity index (χ4n) is 2.39. The SMILES string of the molecule is Cc1[nH]c(CS)nc1C1CCCCC1. The lowest BCUT2D eigenvalue weighted by atomic mass is 9.86. The summed E-state index contributed by atoms with van der Waals surface area (Å²) < 4.78 is 0. The van der Waals surface area contributed by atoms with Gasteiger partial charge in [0.05, 0.1) is 5.69 Å². The number of imidazole rings is 1. The van der Waals surface area contributed by atoms with Gasteiger partial charge in [-0.2, -0.15) is 12.6 Å². The molecule has 0 aromatic carbocycles. The predicted molar refractivity (Wildman–Crippen MR) is 61.8 cm³/mol. The molecule has 1 aliphatic carbocycles. The molecule has 0 aliphatic heterocycles. The second-order valence-corrected chi connectivity index (χ2v) is 4.50. The molecule has 1 aliphatic rings. The molecule has 0 spiro atoms. The molecule has 0 amide bonds. The van der Waals surface area contributed by atoms with Crippen LogP contribution in [0.25, 0.3) is 0 Å². The minimum atomic E-state index is 0.702. The van der Waals surface area contributed by atoms with E-state index in [-0.39, 0.29) is 0 Å². The quantitative estimate of drug-likeness (QED) is 0.721. The molecule has 0 saturated heterocycles. The van der Waals surface area contributed by atoms with Gasteiger partial charge in [-0.25, -0.2) is 4.98 Å². The van der Waals surface area contributed by atoms with Gasteiger partial charge in [0.25, 0.3) is 0 Å². The highest BCUT2D eigenvalue weighted by Gasteiger charge is 2.20. The summed E-state index contributed by atoms with van der Waals surface area (Å²) in [5.41, 5.74) is 2.55. The highest BCUT2D eigenvalue weighted by atomic mass is 32.1. The van der Waals surface area contributed by atoms with E-state index in [2.05, 4.69) is 29.5 Å². The molecule has 3 heteroatoms. The Morgan fingerprint density at radius 2 is 2.07 bits per heavy atom. The molecule has 1 saturated carbocycles. The Labute approximate surface area is 90.9 Å². The van der Waals surface area contributed by atoms with E-state index in [0.717, 1.165) is 5.82 Å². The Kier molecular flexibility index (Phi) is 3.16. The van der Waals surface area contributed by atoms with Gasteiger partial charge in [0, 0.05) is 17.4 Å². The molecule has 1 N–H and O–H groups in total. The third-order valence-electron chi connectivity index (χ3n) is 3.11. The van der Waals surface area contributed by atoms with Crippen LogP contribution in [-0.2, 0) is 5.75 Å². The highest BCUT2D eigenvalue weighted by Crippen LogP contribution is 2.33. The van der Waals surface area contributed by atoms with Gasteiger partial charge in [-0.15, -0.1) is 0 Å². The Balaban J connectivity index is 2.17. The van der Waals surface area contributed by atoms with Crippen LogP contribution in [0.5, 0.6) is 0 Å². The minimum Gasteiger partial charge on any atom is -0.345 e. The average Bonchev–Trinajstić information content (AvgIpc) is 2.61. The van der Waals surface area contributed by atoms with Gasteiger partial charge >= 0.3 is 0 Å². The first-order chi connectivity index (χ1) is 6.81. The van der Waals surface area contributed by atoms with Gasteiger partial charge in [0.2, 0.25) is 0 Å². The number of aromatic nitrogens is 2. The van der Waals surface area contributed by atoms with Crippen LogP contribution in [0.1, 0.15) is 55.2 Å². The molecular weight excluding hydrogens is 192 g/mol. The maximum absolute atomic E-state index is 4.62. The van der Waals surface area contributed by atoms with Crippen molar-refractivity contribution in [1.29, 1.82) is 0 Å². The number of nitrogens with one attached hydrogen (secondary N) is 1. The number of nitrogens with zero attached hydrogens (tertiary/aromatic N) is 1. The van der Waals surface area contributed by atoms with Crippen molar-refractivity contribution in [3.8, 4) is 0 Å². The Morgan fingerprint density at radius 1 is 1.36 bits per heavy atom. The smallest absolute Gasteiger partial charge is 0.116 e. The molecule has 1 heterocycles. The molecule has 1 aromatic rings. The molecule has 0 unspecified atom stereocenters. The second-order valence-electron chi connectivity index (χ2n) is 4.19. The van der Waals surface area contributed by atoms with E-state index in [4.69, 9.17) is 0 Å². The van der Waals surface area contributed by atoms with Crippen molar-refractivity contribution in [2.75, 3.05) is 0 Å². The summed E-state index contributed by atoms with van der Waals surface area (Å²) in [6.07, 6.45) is 6.77. The van der Waals surface area contributed by atoms with Crippen molar-refractivity contribution in [2.45, 2.75) is 50.7 Å². The van der Waals surface area contributed by atoms with E-state index in [0.29, 0.717) is 11.7 Å². The van der Waals surface area contributed by atoms with Crippen LogP contribution in [0, 0.1) is 6.92 Å². The molecule has 2 nitrogen and oxygen atoms in total. The van der Waals surface area contributed by atoms with Crippen LogP contribution in [0.4, 0.5) is 0 Å². The lowest BCUT2D eigenvalue weighted by Crippen LogP contribution is -2.06. The Morgan fingerprint density at radius 3 is 2.64 bits per heavy atom. The number of aromatic amines is 1. The second kappa shape index (κ2) is 4.39. The molecule has 0 radical (unpaired) electrons. The normalized spacial score (nSPS) is 18.7. The topological polar surface area (TPSA) is 28.7 Å². The summed E-state index contributed by atoms with van der Waals surface area (Å²) in [7, 11) is 0. The molecular formula is C11H18N2S. The van der Waals surface area contributed by atoms with Crippen LogP contribution in [0.15, 0.2) is 0 Å². The van der Waals surface area contributed by atoms with Gasteiger partial charge in [-0.05, 0) is 19.8 Å². The molecule has 0 bridgehead atoms. The first-order valence-corrected chi connectivity index (χ1v) is 6.10. The monoisotopic (exact) mass is 210 g/mol. The molecule has 0 atom stereocenters. The molecule has 1 aromatic heterocycles. The zero-order valence-corrected chi connectivity index (χ0v) is 9.61. The largest absolute Gasteiger partial charge is 0.345 e. The Bertz CT molecular complexity index is 300. The number of rotatable bonds is 2. The maximum Gasteiger partial charge on any atom is 0.116 e. The zero-order valence-electron chi connectivity index (χ0n) is 8.71. The highest BCUT2D eigenvalue weighted by molar-refractivity contribution is 7.79. The molecule has 2 rings (SSSR count). The summed E-state index contributed by atoms with van der Waals surface area (Å²) in [5.74, 6) is 2.44. The van der Waals surface area contributed by atoms with E-state index in [1.807, 2.05) is 0 Å². The molecule has 14 heavy (non-hydrogen) atoms. The fourth-order valence-corrected chi connectivity index (χ4v) is 2.54. The van der Waals surface area contributed by atoms with E-state index in [1.165, 1.54) is 43.5 Å². The van der Waals surface area contributed by atoms with Crippen molar-refractivity contribution in [1.82, 2.24) is 9.97 Å². The number of thiol groups is 1. The predicted octanol–water partition coefficient (Wildman–Crippen LogP) is 3.20. The lowest BCUT2D eigenvalue weighted by molar-refractivity contribution is 0.436. The summed E-state index contributed by atoms with van der Waals surface area (Å²) in [6, 6.07) is 0. The number of aryl methyl sites for hydroxylation is 1. The van der Waals surface area contributed by atoms with E-state index in [1.54, 1.807) is 0 Å². The summed E-state index contributed by atoms with van der Waals surface area (Å²) >= 11 is 4.24. The maximum atomic E-state index is 4.62. The van der Waals surface area contributed by atoms with E-state index in [9.17, 15) is 0 Å². The zero-order chi connectivity index (χ0) is 9.97. The minimum absolute atomic E-state index is 0.702. The standard InChI is InChI=1S/C11H18N2S/c1-8-11(13-10(7-14)12-8)9-5-3-2-4-6-9/h9,14H,2-7H2,1H3,(H,12,13). The van der Waals surface area contributed by atoms with Crippen molar-refractivity contribution < 1.29 is 0 Å². The van der Waals surface area contributed by atoms with Crippen LogP contribution >= 0.6 is 12.6 Å². The number of hydrogen-bond acceptors (Lipinski definition) is 2. The van der Waals surface area contributed by atoms with E-state index >= 15 is 0 Å². The first-order valence-electron chi connectivity index (χ1n) is 5.47.